The molecular weight excluding hydrogens is 184 g/mol. The van der Waals surface area contributed by atoms with Gasteiger partial charge in [0.25, 0.3) is 0 Å². The maximum absolute atomic E-state index is 10.8. The molecule has 0 aliphatic rings. The summed E-state index contributed by atoms with van der Waals surface area (Å²) in [6.07, 6.45) is 0. The van der Waals surface area contributed by atoms with E-state index in [1.807, 2.05) is 31.2 Å². The van der Waals surface area contributed by atoms with E-state index >= 15 is 0 Å². The molecule has 0 saturated heterocycles. The molecule has 1 amide bonds. The Balaban J connectivity index is 2.54. The lowest BCUT2D eigenvalue weighted by Gasteiger charge is -2.03. The van der Waals surface area contributed by atoms with Gasteiger partial charge in [-0.1, -0.05) is 18.2 Å². The van der Waals surface area contributed by atoms with Gasteiger partial charge in [0.2, 0.25) is 5.91 Å². The van der Waals surface area contributed by atoms with Gasteiger partial charge in [-0.2, -0.15) is 0 Å². The zero-order chi connectivity index (χ0) is 9.68. The van der Waals surface area contributed by atoms with Gasteiger partial charge in [-0.25, -0.2) is 5.84 Å². The summed E-state index contributed by atoms with van der Waals surface area (Å²) in [4.78, 5) is 12.0. The van der Waals surface area contributed by atoms with Crippen LogP contribution in [0.2, 0.25) is 0 Å². The van der Waals surface area contributed by atoms with Crippen molar-refractivity contribution in [2.75, 3.05) is 5.75 Å². The van der Waals surface area contributed by atoms with Crippen molar-refractivity contribution in [3.05, 3.63) is 29.8 Å². The van der Waals surface area contributed by atoms with E-state index in [0.29, 0.717) is 5.75 Å². The summed E-state index contributed by atoms with van der Waals surface area (Å²) in [7, 11) is 0. The first kappa shape index (κ1) is 10.1. The fourth-order valence-corrected chi connectivity index (χ4v) is 1.74. The summed E-state index contributed by atoms with van der Waals surface area (Å²) in [6, 6.07) is 7.94. The lowest BCUT2D eigenvalue weighted by atomic mass is 10.2. The van der Waals surface area contributed by atoms with E-state index in [2.05, 4.69) is 5.43 Å². The summed E-state index contributed by atoms with van der Waals surface area (Å²) >= 11 is 1.49. The van der Waals surface area contributed by atoms with Crippen molar-refractivity contribution in [1.82, 2.24) is 5.43 Å². The third-order valence-corrected chi connectivity index (χ3v) is 2.79. The molecule has 1 aromatic rings. The number of hydrogen-bond donors (Lipinski definition) is 2. The Morgan fingerprint density at radius 2 is 2.23 bits per heavy atom. The molecule has 3 nitrogen and oxygen atoms in total. The Bertz CT molecular complexity index is 301. The first-order valence-corrected chi connectivity index (χ1v) is 4.90. The van der Waals surface area contributed by atoms with Crippen LogP contribution in [-0.2, 0) is 4.79 Å². The molecular formula is C9H12N2OS. The van der Waals surface area contributed by atoms with Gasteiger partial charge in [0.1, 0.15) is 0 Å². The van der Waals surface area contributed by atoms with Gasteiger partial charge in [-0.3, -0.25) is 10.2 Å². The van der Waals surface area contributed by atoms with Gasteiger partial charge in [-0.15, -0.1) is 11.8 Å². The molecule has 0 radical (unpaired) electrons. The highest BCUT2D eigenvalue weighted by Gasteiger charge is 2.01. The standard InChI is InChI=1S/C9H12N2OS/c1-7-4-2-3-5-8(7)13-6-9(12)11-10/h2-5H,6,10H2,1H3,(H,11,12). The second-order valence-electron chi connectivity index (χ2n) is 2.62. The molecule has 0 aromatic heterocycles. The van der Waals surface area contributed by atoms with E-state index in [1.54, 1.807) is 0 Å². The average Bonchev–Trinajstić information content (AvgIpc) is 2.16. The summed E-state index contributed by atoms with van der Waals surface area (Å²) in [5.74, 6) is 5.16. The van der Waals surface area contributed by atoms with E-state index in [1.165, 1.54) is 17.3 Å². The SMILES string of the molecule is Cc1ccccc1SCC(=O)NN. The van der Waals surface area contributed by atoms with Crippen molar-refractivity contribution >= 4 is 17.7 Å². The number of hydrazine groups is 1. The van der Waals surface area contributed by atoms with Gasteiger partial charge < -0.3 is 0 Å². The first-order valence-electron chi connectivity index (χ1n) is 3.92. The van der Waals surface area contributed by atoms with Crippen molar-refractivity contribution < 1.29 is 4.79 Å². The number of nitrogens with two attached hydrogens (primary N) is 1. The van der Waals surface area contributed by atoms with E-state index in [4.69, 9.17) is 5.84 Å². The molecule has 0 bridgehead atoms. The van der Waals surface area contributed by atoms with Gasteiger partial charge in [0, 0.05) is 4.90 Å². The number of rotatable bonds is 3. The summed E-state index contributed by atoms with van der Waals surface area (Å²) in [6.45, 7) is 2.02. The molecule has 3 N–H and O–H groups in total. The van der Waals surface area contributed by atoms with Crippen LogP contribution in [0.5, 0.6) is 0 Å². The number of thioether (sulfide) groups is 1. The monoisotopic (exact) mass is 196 g/mol. The van der Waals surface area contributed by atoms with Crippen molar-refractivity contribution in [1.29, 1.82) is 0 Å². The minimum Gasteiger partial charge on any atom is -0.294 e. The predicted molar refractivity (Wildman–Crippen MR) is 54.2 cm³/mol. The minimum absolute atomic E-state index is 0.159. The Morgan fingerprint density at radius 1 is 1.54 bits per heavy atom. The third-order valence-electron chi connectivity index (χ3n) is 1.61. The summed E-state index contributed by atoms with van der Waals surface area (Å²) in [5, 5.41) is 0. The van der Waals surface area contributed by atoms with Crippen LogP contribution < -0.4 is 11.3 Å². The normalized spacial score (nSPS) is 9.69. The molecule has 0 spiro atoms. The Labute approximate surface area is 81.7 Å². The molecule has 0 aliphatic heterocycles. The van der Waals surface area contributed by atoms with Gasteiger partial charge in [-0.05, 0) is 18.6 Å². The Kier molecular flexibility index (Phi) is 3.79. The van der Waals surface area contributed by atoms with Crippen molar-refractivity contribution in [3.8, 4) is 0 Å². The van der Waals surface area contributed by atoms with Crippen LogP contribution in [-0.4, -0.2) is 11.7 Å². The zero-order valence-electron chi connectivity index (χ0n) is 7.41. The highest BCUT2D eigenvalue weighted by Crippen LogP contribution is 2.20. The number of carbonyl (C=O) groups excluding carboxylic acids is 1. The van der Waals surface area contributed by atoms with Crippen LogP contribution in [0.3, 0.4) is 0 Å². The topological polar surface area (TPSA) is 55.1 Å². The van der Waals surface area contributed by atoms with Gasteiger partial charge >= 0.3 is 0 Å². The lowest BCUT2D eigenvalue weighted by Crippen LogP contribution is -2.31. The number of hydrogen-bond acceptors (Lipinski definition) is 3. The van der Waals surface area contributed by atoms with Crippen LogP contribution in [0.1, 0.15) is 5.56 Å². The molecule has 0 atom stereocenters. The summed E-state index contributed by atoms with van der Waals surface area (Å²) in [5.41, 5.74) is 3.27. The maximum Gasteiger partial charge on any atom is 0.244 e. The fraction of sp³-hybridized carbons (Fsp3) is 0.222. The second kappa shape index (κ2) is 4.89. The van der Waals surface area contributed by atoms with Crippen molar-refractivity contribution in [2.45, 2.75) is 11.8 Å². The quantitative estimate of drug-likeness (QED) is 0.329. The Morgan fingerprint density at radius 3 is 2.85 bits per heavy atom. The van der Waals surface area contributed by atoms with Gasteiger partial charge in [0.05, 0.1) is 5.75 Å². The molecule has 70 valence electrons. The number of carbonyl (C=O) groups is 1. The summed E-state index contributed by atoms with van der Waals surface area (Å²) < 4.78 is 0. The van der Waals surface area contributed by atoms with Crippen LogP contribution in [0.25, 0.3) is 0 Å². The largest absolute Gasteiger partial charge is 0.294 e. The van der Waals surface area contributed by atoms with Crippen LogP contribution in [0.4, 0.5) is 0 Å². The fourth-order valence-electron chi connectivity index (χ4n) is 0.903. The van der Waals surface area contributed by atoms with Crippen molar-refractivity contribution in [3.63, 3.8) is 0 Å². The van der Waals surface area contributed by atoms with E-state index in [-0.39, 0.29) is 5.91 Å². The van der Waals surface area contributed by atoms with Gasteiger partial charge in [0.15, 0.2) is 0 Å². The zero-order valence-corrected chi connectivity index (χ0v) is 8.23. The van der Waals surface area contributed by atoms with E-state index < -0.39 is 0 Å². The van der Waals surface area contributed by atoms with Crippen molar-refractivity contribution in [2.24, 2.45) is 5.84 Å². The molecule has 0 heterocycles. The molecule has 0 saturated carbocycles. The van der Waals surface area contributed by atoms with E-state index in [0.717, 1.165) is 4.90 Å². The molecule has 1 aromatic carbocycles. The number of benzene rings is 1. The first-order chi connectivity index (χ1) is 6.24. The minimum atomic E-state index is -0.159. The maximum atomic E-state index is 10.8. The number of aryl methyl sites for hydroxylation is 1. The molecule has 0 unspecified atom stereocenters. The van der Waals surface area contributed by atoms with Crippen LogP contribution >= 0.6 is 11.8 Å². The highest BCUT2D eigenvalue weighted by molar-refractivity contribution is 8.00. The molecule has 4 heteroatoms. The molecule has 0 fully saturated rings. The number of amides is 1. The molecule has 13 heavy (non-hydrogen) atoms. The third kappa shape index (κ3) is 3.08. The molecule has 0 aliphatic carbocycles. The smallest absolute Gasteiger partial charge is 0.244 e. The average molecular weight is 196 g/mol. The Hall–Kier alpha value is -1.00. The predicted octanol–water partition coefficient (Wildman–Crippen LogP) is 1.08. The second-order valence-corrected chi connectivity index (χ2v) is 3.64. The van der Waals surface area contributed by atoms with Crippen LogP contribution in [0, 0.1) is 6.92 Å². The van der Waals surface area contributed by atoms with Crippen LogP contribution in [0.15, 0.2) is 29.2 Å². The highest BCUT2D eigenvalue weighted by atomic mass is 32.2. The number of nitrogens with one attached hydrogen (secondary N) is 1. The lowest BCUT2D eigenvalue weighted by molar-refractivity contribution is -0.118. The van der Waals surface area contributed by atoms with E-state index in [9.17, 15) is 4.79 Å². The molecule has 1 rings (SSSR count).